The SMILES string of the molecule is Cc1nc(NCCCN2CC(C)OC(C)C2)c2cnn(-c3cccc(Cl)c3)c2n1. The van der Waals surface area contributed by atoms with Gasteiger partial charge in [-0.15, -0.1) is 0 Å². The Hall–Kier alpha value is -2.22. The lowest BCUT2D eigenvalue weighted by Crippen LogP contribution is -2.45. The van der Waals surface area contributed by atoms with Gasteiger partial charge in [-0.25, -0.2) is 14.6 Å². The normalized spacial score (nSPS) is 20.3. The highest BCUT2D eigenvalue weighted by atomic mass is 35.5. The smallest absolute Gasteiger partial charge is 0.168 e. The lowest BCUT2D eigenvalue weighted by molar-refractivity contribution is -0.0678. The first-order valence-corrected chi connectivity index (χ1v) is 10.5. The van der Waals surface area contributed by atoms with E-state index in [0.717, 1.165) is 55.1 Å². The number of benzene rings is 1. The highest BCUT2D eigenvalue weighted by molar-refractivity contribution is 6.30. The van der Waals surface area contributed by atoms with E-state index in [4.69, 9.17) is 16.3 Å². The van der Waals surface area contributed by atoms with Gasteiger partial charge in [0.15, 0.2) is 5.65 Å². The third-order valence-corrected chi connectivity index (χ3v) is 5.27. The number of hydrogen-bond donors (Lipinski definition) is 1. The summed E-state index contributed by atoms with van der Waals surface area (Å²) in [5.41, 5.74) is 1.66. The zero-order valence-electron chi connectivity index (χ0n) is 17.1. The van der Waals surface area contributed by atoms with Crippen molar-refractivity contribution in [1.82, 2.24) is 24.6 Å². The average molecular weight is 415 g/mol. The fourth-order valence-electron chi connectivity index (χ4n) is 3.92. The molecule has 2 aromatic heterocycles. The van der Waals surface area contributed by atoms with Gasteiger partial charge in [0.2, 0.25) is 0 Å². The van der Waals surface area contributed by atoms with Crippen molar-refractivity contribution >= 4 is 28.5 Å². The van der Waals surface area contributed by atoms with Crippen LogP contribution in [0, 0.1) is 6.92 Å². The van der Waals surface area contributed by atoms with E-state index >= 15 is 0 Å². The number of anilines is 1. The van der Waals surface area contributed by atoms with Crippen molar-refractivity contribution in [2.45, 2.75) is 39.4 Å². The Balaban J connectivity index is 1.45. The molecule has 8 heteroatoms. The summed E-state index contributed by atoms with van der Waals surface area (Å²) < 4.78 is 7.61. The van der Waals surface area contributed by atoms with Crippen LogP contribution in [0.2, 0.25) is 5.02 Å². The van der Waals surface area contributed by atoms with E-state index in [1.807, 2.05) is 37.4 Å². The maximum atomic E-state index is 6.14. The number of ether oxygens (including phenoxy) is 1. The molecule has 0 radical (unpaired) electrons. The molecular formula is C21H27ClN6O. The molecule has 1 N–H and O–H groups in total. The van der Waals surface area contributed by atoms with E-state index in [-0.39, 0.29) is 0 Å². The molecule has 2 unspecified atom stereocenters. The summed E-state index contributed by atoms with van der Waals surface area (Å²) in [4.78, 5) is 11.7. The average Bonchev–Trinajstić information content (AvgIpc) is 3.08. The first kappa shape index (κ1) is 20.1. The van der Waals surface area contributed by atoms with E-state index in [1.54, 1.807) is 4.68 Å². The second kappa shape index (κ2) is 8.65. The van der Waals surface area contributed by atoms with Crippen molar-refractivity contribution in [2.75, 3.05) is 31.5 Å². The predicted octanol–water partition coefficient (Wildman–Crippen LogP) is 3.69. The van der Waals surface area contributed by atoms with Gasteiger partial charge in [0.25, 0.3) is 0 Å². The van der Waals surface area contributed by atoms with Crippen LogP contribution in [0.3, 0.4) is 0 Å². The topological polar surface area (TPSA) is 68.1 Å². The third-order valence-electron chi connectivity index (χ3n) is 5.03. The first-order chi connectivity index (χ1) is 14.0. The van der Waals surface area contributed by atoms with Crippen molar-refractivity contribution < 1.29 is 4.74 Å². The monoisotopic (exact) mass is 414 g/mol. The van der Waals surface area contributed by atoms with Gasteiger partial charge in [-0.1, -0.05) is 17.7 Å². The van der Waals surface area contributed by atoms with Gasteiger partial charge in [0, 0.05) is 31.2 Å². The van der Waals surface area contributed by atoms with E-state index in [1.165, 1.54) is 0 Å². The largest absolute Gasteiger partial charge is 0.373 e. The molecular weight excluding hydrogens is 388 g/mol. The summed E-state index contributed by atoms with van der Waals surface area (Å²) in [6.07, 6.45) is 3.44. The van der Waals surface area contributed by atoms with Crippen molar-refractivity contribution in [1.29, 1.82) is 0 Å². The van der Waals surface area contributed by atoms with Crippen LogP contribution < -0.4 is 5.32 Å². The van der Waals surface area contributed by atoms with Gasteiger partial charge in [0.05, 0.1) is 29.5 Å². The Morgan fingerprint density at radius 1 is 1.21 bits per heavy atom. The van der Waals surface area contributed by atoms with E-state index < -0.39 is 0 Å². The molecule has 3 heterocycles. The van der Waals surface area contributed by atoms with Crippen LogP contribution in [-0.2, 0) is 4.74 Å². The summed E-state index contributed by atoms with van der Waals surface area (Å²) in [6, 6.07) is 7.60. The Labute approximate surface area is 176 Å². The molecule has 0 spiro atoms. The molecule has 0 saturated carbocycles. The van der Waals surface area contributed by atoms with Crippen LogP contribution in [-0.4, -0.2) is 63.0 Å². The third kappa shape index (κ3) is 4.69. The quantitative estimate of drug-likeness (QED) is 0.620. The molecule has 29 heavy (non-hydrogen) atoms. The zero-order chi connectivity index (χ0) is 20.4. The zero-order valence-corrected chi connectivity index (χ0v) is 17.9. The second-order valence-corrected chi connectivity index (χ2v) is 8.13. The summed E-state index contributed by atoms with van der Waals surface area (Å²) in [6.45, 7) is 10.0. The Bertz CT molecular complexity index is 980. The van der Waals surface area contributed by atoms with Crippen molar-refractivity contribution in [2.24, 2.45) is 0 Å². The molecule has 1 fully saturated rings. The van der Waals surface area contributed by atoms with Crippen LogP contribution in [0.1, 0.15) is 26.1 Å². The van der Waals surface area contributed by atoms with Crippen LogP contribution in [0.4, 0.5) is 5.82 Å². The summed E-state index contributed by atoms with van der Waals surface area (Å²) in [5.74, 6) is 1.53. The Morgan fingerprint density at radius 3 is 2.76 bits per heavy atom. The number of hydrogen-bond acceptors (Lipinski definition) is 6. The van der Waals surface area contributed by atoms with E-state index in [2.05, 4.69) is 39.1 Å². The second-order valence-electron chi connectivity index (χ2n) is 7.69. The molecule has 1 aliphatic rings. The summed E-state index contributed by atoms with van der Waals surface area (Å²) in [7, 11) is 0. The van der Waals surface area contributed by atoms with Crippen LogP contribution in [0.15, 0.2) is 30.5 Å². The van der Waals surface area contributed by atoms with Gasteiger partial charge >= 0.3 is 0 Å². The highest BCUT2D eigenvalue weighted by Crippen LogP contribution is 2.24. The van der Waals surface area contributed by atoms with Gasteiger partial charge < -0.3 is 10.1 Å². The van der Waals surface area contributed by atoms with Gasteiger partial charge in [-0.2, -0.15) is 5.10 Å². The summed E-state index contributed by atoms with van der Waals surface area (Å²) in [5, 5.41) is 9.57. The number of nitrogens with zero attached hydrogens (tertiary/aromatic N) is 5. The number of fused-ring (bicyclic) bond motifs is 1. The van der Waals surface area contributed by atoms with Crippen molar-refractivity contribution in [3.63, 3.8) is 0 Å². The molecule has 1 aliphatic heterocycles. The van der Waals surface area contributed by atoms with Crippen LogP contribution in [0.25, 0.3) is 16.7 Å². The maximum Gasteiger partial charge on any atom is 0.168 e. The lowest BCUT2D eigenvalue weighted by Gasteiger charge is -2.35. The molecule has 7 nitrogen and oxygen atoms in total. The number of rotatable bonds is 6. The molecule has 0 amide bonds. The number of nitrogens with one attached hydrogen (secondary N) is 1. The van der Waals surface area contributed by atoms with Gasteiger partial charge in [-0.05, 0) is 45.4 Å². The van der Waals surface area contributed by atoms with Crippen molar-refractivity contribution in [3.05, 3.63) is 41.3 Å². The number of halogens is 1. The fraction of sp³-hybridized carbons (Fsp3) is 0.476. The molecule has 0 aliphatic carbocycles. The molecule has 3 aromatic rings. The Kier molecular flexibility index (Phi) is 5.99. The number of aromatic nitrogens is 4. The minimum atomic E-state index is 0.299. The number of aryl methyl sites for hydroxylation is 1. The highest BCUT2D eigenvalue weighted by Gasteiger charge is 2.21. The first-order valence-electron chi connectivity index (χ1n) is 10.1. The molecule has 154 valence electrons. The fourth-order valence-corrected chi connectivity index (χ4v) is 4.11. The van der Waals surface area contributed by atoms with E-state index in [0.29, 0.717) is 23.1 Å². The minimum absolute atomic E-state index is 0.299. The summed E-state index contributed by atoms with van der Waals surface area (Å²) >= 11 is 6.14. The van der Waals surface area contributed by atoms with Gasteiger partial charge in [-0.3, -0.25) is 4.90 Å². The van der Waals surface area contributed by atoms with Crippen molar-refractivity contribution in [3.8, 4) is 5.69 Å². The Morgan fingerprint density at radius 2 is 2.00 bits per heavy atom. The van der Waals surface area contributed by atoms with E-state index in [9.17, 15) is 0 Å². The standard InChI is InChI=1S/C21H27ClN6O/c1-14-12-27(13-15(2)29-14)9-5-8-23-20-19-11-24-28(21(19)26-16(3)25-20)18-7-4-6-17(22)10-18/h4,6-7,10-11,14-15H,5,8-9,12-13H2,1-3H3,(H,23,25,26). The molecule has 1 saturated heterocycles. The predicted molar refractivity (Wildman–Crippen MR) is 116 cm³/mol. The molecule has 1 aromatic carbocycles. The van der Waals surface area contributed by atoms with Crippen LogP contribution in [0.5, 0.6) is 0 Å². The molecule has 0 bridgehead atoms. The van der Waals surface area contributed by atoms with Crippen LogP contribution >= 0.6 is 11.6 Å². The molecule has 2 atom stereocenters. The lowest BCUT2D eigenvalue weighted by atomic mass is 10.2. The minimum Gasteiger partial charge on any atom is -0.373 e. The number of morpholine rings is 1. The molecule has 4 rings (SSSR count). The van der Waals surface area contributed by atoms with Gasteiger partial charge in [0.1, 0.15) is 11.6 Å². The maximum absolute atomic E-state index is 6.14.